The molecule has 2 rings (SSSR count). The highest BCUT2D eigenvalue weighted by Gasteiger charge is 2.20. The van der Waals surface area contributed by atoms with Crippen molar-refractivity contribution in [3.05, 3.63) is 35.9 Å². The fourth-order valence-electron chi connectivity index (χ4n) is 2.71. The van der Waals surface area contributed by atoms with Gasteiger partial charge in [-0.05, 0) is 50.9 Å². The Kier molecular flexibility index (Phi) is 6.34. The van der Waals surface area contributed by atoms with Crippen LogP contribution in [0.5, 0.6) is 0 Å². The van der Waals surface area contributed by atoms with Crippen LogP contribution >= 0.6 is 0 Å². The second-order valence-electron chi connectivity index (χ2n) is 5.47. The van der Waals surface area contributed by atoms with Gasteiger partial charge in [0.15, 0.2) is 0 Å². The zero-order valence-corrected chi connectivity index (χ0v) is 11.9. The summed E-state index contributed by atoms with van der Waals surface area (Å²) >= 11 is 0. The van der Waals surface area contributed by atoms with E-state index >= 15 is 0 Å². The number of hydrogen-bond donors (Lipinski definition) is 2. The maximum atomic E-state index is 5.50. The lowest BCUT2D eigenvalue weighted by molar-refractivity contribution is 0.331. The molecule has 0 aliphatic carbocycles. The normalized spacial score (nSPS) is 19.9. The molecular weight excluding hydrogens is 234 g/mol. The van der Waals surface area contributed by atoms with Crippen LogP contribution < -0.4 is 11.1 Å². The van der Waals surface area contributed by atoms with Crippen molar-refractivity contribution in [2.75, 3.05) is 32.7 Å². The molecule has 0 amide bonds. The van der Waals surface area contributed by atoms with Crippen LogP contribution in [0.2, 0.25) is 0 Å². The Balaban J connectivity index is 1.60. The molecule has 3 N–H and O–H groups in total. The van der Waals surface area contributed by atoms with Crippen LogP contribution in [0.3, 0.4) is 0 Å². The average molecular weight is 261 g/mol. The lowest BCUT2D eigenvalue weighted by Gasteiger charge is -2.16. The zero-order valence-electron chi connectivity index (χ0n) is 11.9. The van der Waals surface area contributed by atoms with Gasteiger partial charge in [-0.25, -0.2) is 0 Å². The van der Waals surface area contributed by atoms with Gasteiger partial charge in [-0.2, -0.15) is 0 Å². The van der Waals surface area contributed by atoms with Gasteiger partial charge < -0.3 is 16.0 Å². The molecule has 1 aliphatic heterocycles. The first-order chi connectivity index (χ1) is 9.38. The minimum atomic E-state index is 0.688. The van der Waals surface area contributed by atoms with Crippen LogP contribution in [0.15, 0.2) is 30.3 Å². The van der Waals surface area contributed by atoms with Gasteiger partial charge in [-0.1, -0.05) is 30.3 Å². The van der Waals surface area contributed by atoms with Crippen molar-refractivity contribution in [2.24, 2.45) is 5.73 Å². The number of likely N-dealkylation sites (tertiary alicyclic amines) is 1. The van der Waals surface area contributed by atoms with Crippen molar-refractivity contribution in [2.45, 2.75) is 31.7 Å². The Hall–Kier alpha value is -0.900. The lowest BCUT2D eigenvalue weighted by atomic mass is 10.1. The summed E-state index contributed by atoms with van der Waals surface area (Å²) in [6.07, 6.45) is 4.80. The van der Waals surface area contributed by atoms with Gasteiger partial charge in [0.05, 0.1) is 0 Å². The van der Waals surface area contributed by atoms with Crippen LogP contribution in [-0.2, 0) is 6.42 Å². The van der Waals surface area contributed by atoms with Gasteiger partial charge >= 0.3 is 0 Å². The fraction of sp³-hybridized carbons (Fsp3) is 0.625. The molecular formula is C16H27N3. The molecule has 3 nitrogen and oxygen atoms in total. The van der Waals surface area contributed by atoms with Crippen molar-refractivity contribution in [3.8, 4) is 0 Å². The molecule has 0 radical (unpaired) electrons. The third-order valence-corrected chi connectivity index (χ3v) is 3.90. The SMILES string of the molecule is NCCCCNC1CCN(CCc2ccccc2)C1. The first kappa shape index (κ1) is 14.5. The average Bonchev–Trinajstić information content (AvgIpc) is 2.91. The van der Waals surface area contributed by atoms with E-state index < -0.39 is 0 Å². The summed E-state index contributed by atoms with van der Waals surface area (Å²) < 4.78 is 0. The third kappa shape index (κ3) is 5.31. The van der Waals surface area contributed by atoms with E-state index in [0.717, 1.165) is 19.5 Å². The topological polar surface area (TPSA) is 41.3 Å². The lowest BCUT2D eigenvalue weighted by Crippen LogP contribution is -2.33. The van der Waals surface area contributed by atoms with Gasteiger partial charge in [0.1, 0.15) is 0 Å². The summed E-state index contributed by atoms with van der Waals surface area (Å²) in [6.45, 7) is 5.56. The number of hydrogen-bond acceptors (Lipinski definition) is 3. The minimum Gasteiger partial charge on any atom is -0.330 e. The van der Waals surface area contributed by atoms with Crippen molar-refractivity contribution in [3.63, 3.8) is 0 Å². The molecule has 1 saturated heterocycles. The van der Waals surface area contributed by atoms with Gasteiger partial charge in [0.25, 0.3) is 0 Å². The van der Waals surface area contributed by atoms with Gasteiger partial charge in [0, 0.05) is 19.1 Å². The monoisotopic (exact) mass is 261 g/mol. The summed E-state index contributed by atoms with van der Waals surface area (Å²) in [4.78, 5) is 2.58. The summed E-state index contributed by atoms with van der Waals surface area (Å²) in [5.74, 6) is 0. The molecule has 0 bridgehead atoms. The van der Waals surface area contributed by atoms with Crippen LogP contribution in [0.4, 0.5) is 0 Å². The highest BCUT2D eigenvalue weighted by molar-refractivity contribution is 5.14. The molecule has 106 valence electrons. The van der Waals surface area contributed by atoms with E-state index in [0.29, 0.717) is 6.04 Å². The third-order valence-electron chi connectivity index (χ3n) is 3.90. The number of rotatable bonds is 8. The van der Waals surface area contributed by atoms with E-state index in [1.165, 1.54) is 44.5 Å². The largest absolute Gasteiger partial charge is 0.330 e. The summed E-state index contributed by atoms with van der Waals surface area (Å²) in [6, 6.07) is 11.5. The molecule has 1 aliphatic rings. The van der Waals surface area contributed by atoms with Gasteiger partial charge in [-0.15, -0.1) is 0 Å². The smallest absolute Gasteiger partial charge is 0.0207 e. The molecule has 3 heteroatoms. The molecule has 1 aromatic carbocycles. The molecule has 1 heterocycles. The number of nitrogens with two attached hydrogens (primary N) is 1. The molecule has 0 spiro atoms. The number of nitrogens with one attached hydrogen (secondary N) is 1. The Morgan fingerprint density at radius 1 is 1.21 bits per heavy atom. The maximum absolute atomic E-state index is 5.50. The Morgan fingerprint density at radius 2 is 2.05 bits per heavy atom. The van der Waals surface area contributed by atoms with Crippen molar-refractivity contribution < 1.29 is 0 Å². The van der Waals surface area contributed by atoms with Crippen molar-refractivity contribution in [1.82, 2.24) is 10.2 Å². The highest BCUT2D eigenvalue weighted by Crippen LogP contribution is 2.10. The van der Waals surface area contributed by atoms with Crippen LogP contribution in [-0.4, -0.2) is 43.7 Å². The molecule has 1 aromatic rings. The minimum absolute atomic E-state index is 0.688. The van der Waals surface area contributed by atoms with E-state index in [4.69, 9.17) is 5.73 Å². The van der Waals surface area contributed by atoms with Crippen LogP contribution in [0, 0.1) is 0 Å². The number of unbranched alkanes of at least 4 members (excludes halogenated alkanes) is 1. The van der Waals surface area contributed by atoms with E-state index in [1.54, 1.807) is 0 Å². The summed E-state index contributed by atoms with van der Waals surface area (Å²) in [5, 5.41) is 3.65. The molecule has 0 aromatic heterocycles. The first-order valence-electron chi connectivity index (χ1n) is 7.58. The van der Waals surface area contributed by atoms with Crippen molar-refractivity contribution >= 4 is 0 Å². The predicted octanol–water partition coefficient (Wildman–Crippen LogP) is 1.63. The highest BCUT2D eigenvalue weighted by atomic mass is 15.2. The molecule has 1 atom stereocenters. The molecule has 0 saturated carbocycles. The predicted molar refractivity (Wildman–Crippen MR) is 81.3 cm³/mol. The molecule has 19 heavy (non-hydrogen) atoms. The Bertz CT molecular complexity index is 339. The van der Waals surface area contributed by atoms with Crippen LogP contribution in [0.1, 0.15) is 24.8 Å². The van der Waals surface area contributed by atoms with E-state index in [-0.39, 0.29) is 0 Å². The second-order valence-corrected chi connectivity index (χ2v) is 5.47. The first-order valence-corrected chi connectivity index (χ1v) is 7.58. The fourth-order valence-corrected chi connectivity index (χ4v) is 2.71. The Labute approximate surface area is 117 Å². The zero-order chi connectivity index (χ0) is 13.3. The standard InChI is InChI=1S/C16H27N3/c17-10-4-5-11-18-16-9-13-19(14-16)12-8-15-6-2-1-3-7-15/h1-3,6-7,16,18H,4-5,8-14,17H2. The van der Waals surface area contributed by atoms with Crippen molar-refractivity contribution in [1.29, 1.82) is 0 Å². The summed E-state index contributed by atoms with van der Waals surface area (Å²) in [7, 11) is 0. The maximum Gasteiger partial charge on any atom is 0.0207 e. The van der Waals surface area contributed by atoms with Crippen LogP contribution in [0.25, 0.3) is 0 Å². The Morgan fingerprint density at radius 3 is 2.84 bits per heavy atom. The van der Waals surface area contributed by atoms with Gasteiger partial charge in [0.2, 0.25) is 0 Å². The number of nitrogens with zero attached hydrogens (tertiary/aromatic N) is 1. The second kappa shape index (κ2) is 8.31. The van der Waals surface area contributed by atoms with Gasteiger partial charge in [-0.3, -0.25) is 0 Å². The quantitative estimate of drug-likeness (QED) is 0.699. The number of benzene rings is 1. The summed E-state index contributed by atoms with van der Waals surface area (Å²) in [5.41, 5.74) is 6.95. The van der Waals surface area contributed by atoms with E-state index in [2.05, 4.69) is 40.5 Å². The van der Waals surface area contributed by atoms with E-state index in [9.17, 15) is 0 Å². The molecule has 1 fully saturated rings. The van der Waals surface area contributed by atoms with E-state index in [1.807, 2.05) is 0 Å². The molecule has 1 unspecified atom stereocenters.